The fraction of sp³-hybridized carbons (Fsp3) is 0.0357. The number of aromatic nitrogens is 1. The SMILES string of the molecule is COc1ccc(-c2cc(-c3ccccc3)c(-c3cccc4ccccc34)c(=O)n2N)cc1. The van der Waals surface area contributed by atoms with E-state index < -0.39 is 0 Å². The predicted octanol–water partition coefficient (Wildman–Crippen LogP) is 5.72. The van der Waals surface area contributed by atoms with Crippen molar-refractivity contribution in [3.8, 4) is 39.3 Å². The van der Waals surface area contributed by atoms with Crippen LogP contribution in [0.5, 0.6) is 5.75 Å². The molecule has 1 aromatic heterocycles. The highest BCUT2D eigenvalue weighted by atomic mass is 16.5. The first-order chi connectivity index (χ1) is 15.7. The van der Waals surface area contributed by atoms with Crippen molar-refractivity contribution >= 4 is 10.8 Å². The minimum absolute atomic E-state index is 0.242. The molecule has 4 nitrogen and oxygen atoms in total. The quantitative estimate of drug-likeness (QED) is 0.380. The van der Waals surface area contributed by atoms with Crippen molar-refractivity contribution in [3.63, 3.8) is 0 Å². The topological polar surface area (TPSA) is 57.2 Å². The Hall–Kier alpha value is -4.31. The highest BCUT2D eigenvalue weighted by Crippen LogP contribution is 2.36. The van der Waals surface area contributed by atoms with Crippen LogP contribution in [0.15, 0.2) is 108 Å². The molecule has 0 aliphatic carbocycles. The van der Waals surface area contributed by atoms with Gasteiger partial charge in [0.2, 0.25) is 0 Å². The predicted molar refractivity (Wildman–Crippen MR) is 131 cm³/mol. The average Bonchev–Trinajstić information content (AvgIpc) is 2.86. The summed E-state index contributed by atoms with van der Waals surface area (Å²) in [6, 6.07) is 33.6. The van der Waals surface area contributed by atoms with Crippen LogP contribution in [-0.2, 0) is 0 Å². The fourth-order valence-electron chi connectivity index (χ4n) is 4.16. The van der Waals surface area contributed by atoms with E-state index in [0.29, 0.717) is 11.3 Å². The highest BCUT2D eigenvalue weighted by Gasteiger charge is 2.19. The molecule has 0 aliphatic rings. The number of fused-ring (bicyclic) bond motifs is 1. The van der Waals surface area contributed by atoms with Crippen molar-refractivity contribution in [1.82, 2.24) is 4.68 Å². The van der Waals surface area contributed by atoms with Crippen molar-refractivity contribution in [3.05, 3.63) is 113 Å². The maximum Gasteiger partial charge on any atom is 0.277 e. The molecule has 5 rings (SSSR count). The highest BCUT2D eigenvalue weighted by molar-refractivity contribution is 6.00. The van der Waals surface area contributed by atoms with Gasteiger partial charge in [0.15, 0.2) is 0 Å². The largest absolute Gasteiger partial charge is 0.497 e. The average molecular weight is 418 g/mol. The Morgan fingerprint density at radius 3 is 2.16 bits per heavy atom. The molecule has 0 saturated carbocycles. The first-order valence-electron chi connectivity index (χ1n) is 10.4. The van der Waals surface area contributed by atoms with Crippen LogP contribution >= 0.6 is 0 Å². The van der Waals surface area contributed by atoms with E-state index in [1.54, 1.807) is 7.11 Å². The van der Waals surface area contributed by atoms with E-state index in [1.807, 2.05) is 103 Å². The molecular formula is C28H22N2O2. The molecule has 2 N–H and O–H groups in total. The Bertz CT molecular complexity index is 1460. The number of nitrogen functional groups attached to an aromatic ring is 1. The zero-order valence-electron chi connectivity index (χ0n) is 17.7. The van der Waals surface area contributed by atoms with Crippen molar-refractivity contribution in [2.24, 2.45) is 0 Å². The van der Waals surface area contributed by atoms with Crippen LogP contribution in [0.2, 0.25) is 0 Å². The van der Waals surface area contributed by atoms with Gasteiger partial charge in [-0.3, -0.25) is 4.79 Å². The van der Waals surface area contributed by atoms with E-state index in [-0.39, 0.29) is 5.56 Å². The van der Waals surface area contributed by atoms with Gasteiger partial charge in [0.25, 0.3) is 5.56 Å². The molecule has 4 heteroatoms. The molecule has 0 fully saturated rings. The Kier molecular flexibility index (Phi) is 4.96. The standard InChI is InChI=1S/C28H22N2O2/c1-32-22-16-14-21(15-17-22)26-18-25(20-8-3-2-4-9-20)27(28(31)30(26)29)24-13-7-11-19-10-5-6-12-23(19)24/h2-18H,29H2,1H3. The van der Waals surface area contributed by atoms with Crippen molar-refractivity contribution < 1.29 is 4.74 Å². The van der Waals surface area contributed by atoms with E-state index in [4.69, 9.17) is 10.6 Å². The summed E-state index contributed by atoms with van der Waals surface area (Å²) in [6.45, 7) is 0. The van der Waals surface area contributed by atoms with Crippen LogP contribution < -0.4 is 16.1 Å². The van der Waals surface area contributed by atoms with Crippen molar-refractivity contribution in [1.29, 1.82) is 0 Å². The number of methoxy groups -OCH3 is 1. The number of hydrogen-bond acceptors (Lipinski definition) is 3. The summed E-state index contributed by atoms with van der Waals surface area (Å²) in [5.41, 5.74) is 4.50. The minimum atomic E-state index is -0.242. The summed E-state index contributed by atoms with van der Waals surface area (Å²) < 4.78 is 6.51. The Labute approximate surface area is 186 Å². The molecule has 0 saturated heterocycles. The normalized spacial score (nSPS) is 10.9. The second-order valence-electron chi connectivity index (χ2n) is 7.61. The lowest BCUT2D eigenvalue weighted by Gasteiger charge is -2.17. The summed E-state index contributed by atoms with van der Waals surface area (Å²) in [4.78, 5) is 13.7. The van der Waals surface area contributed by atoms with Crippen LogP contribution in [0.4, 0.5) is 0 Å². The second kappa shape index (κ2) is 8.08. The summed E-state index contributed by atoms with van der Waals surface area (Å²) >= 11 is 0. The molecule has 0 aliphatic heterocycles. The smallest absolute Gasteiger partial charge is 0.277 e. The van der Waals surface area contributed by atoms with E-state index in [1.165, 1.54) is 4.68 Å². The number of hydrogen-bond donors (Lipinski definition) is 1. The molecule has 156 valence electrons. The van der Waals surface area contributed by atoms with Crippen LogP contribution in [0.1, 0.15) is 0 Å². The number of nitrogens with two attached hydrogens (primary N) is 1. The first-order valence-corrected chi connectivity index (χ1v) is 10.4. The molecule has 0 bridgehead atoms. The zero-order chi connectivity index (χ0) is 22.1. The van der Waals surface area contributed by atoms with Gasteiger partial charge in [0.1, 0.15) is 5.75 Å². The molecule has 5 aromatic rings. The number of ether oxygens (including phenoxy) is 1. The molecule has 0 atom stereocenters. The molecule has 0 amide bonds. The Balaban J connectivity index is 1.84. The lowest BCUT2D eigenvalue weighted by molar-refractivity contribution is 0.415. The van der Waals surface area contributed by atoms with Gasteiger partial charge in [-0.05, 0) is 57.8 Å². The van der Waals surface area contributed by atoms with Crippen LogP contribution in [0.3, 0.4) is 0 Å². The summed E-state index contributed by atoms with van der Waals surface area (Å²) in [5, 5.41) is 2.09. The van der Waals surface area contributed by atoms with Crippen LogP contribution in [0, 0.1) is 0 Å². The molecule has 0 spiro atoms. The number of nitrogens with zero attached hydrogens (tertiary/aromatic N) is 1. The molecule has 1 heterocycles. The molecule has 0 radical (unpaired) electrons. The molecular weight excluding hydrogens is 396 g/mol. The van der Waals surface area contributed by atoms with Gasteiger partial charge in [-0.15, -0.1) is 0 Å². The Morgan fingerprint density at radius 1 is 0.719 bits per heavy atom. The van der Waals surface area contributed by atoms with Gasteiger partial charge in [-0.2, -0.15) is 0 Å². The van der Waals surface area contributed by atoms with E-state index in [2.05, 4.69) is 0 Å². The fourth-order valence-corrected chi connectivity index (χ4v) is 4.16. The monoisotopic (exact) mass is 418 g/mol. The molecule has 32 heavy (non-hydrogen) atoms. The summed E-state index contributed by atoms with van der Waals surface area (Å²) in [7, 11) is 1.63. The van der Waals surface area contributed by atoms with Crippen LogP contribution in [0.25, 0.3) is 44.3 Å². The zero-order valence-corrected chi connectivity index (χ0v) is 17.7. The molecule has 0 unspecified atom stereocenters. The number of rotatable bonds is 4. The minimum Gasteiger partial charge on any atom is -0.497 e. The van der Waals surface area contributed by atoms with Gasteiger partial charge < -0.3 is 10.6 Å². The Morgan fingerprint density at radius 2 is 1.41 bits per heavy atom. The van der Waals surface area contributed by atoms with Crippen molar-refractivity contribution in [2.45, 2.75) is 0 Å². The molecule has 4 aromatic carbocycles. The third-order valence-corrected chi connectivity index (χ3v) is 5.77. The third kappa shape index (κ3) is 3.32. The van der Waals surface area contributed by atoms with Crippen LogP contribution in [-0.4, -0.2) is 11.8 Å². The van der Waals surface area contributed by atoms with E-state index in [0.717, 1.165) is 38.8 Å². The van der Waals surface area contributed by atoms with Gasteiger partial charge in [0.05, 0.1) is 18.4 Å². The third-order valence-electron chi connectivity index (χ3n) is 5.77. The second-order valence-corrected chi connectivity index (χ2v) is 7.61. The van der Waals surface area contributed by atoms with E-state index in [9.17, 15) is 4.79 Å². The van der Waals surface area contributed by atoms with Crippen molar-refractivity contribution in [2.75, 3.05) is 13.0 Å². The maximum atomic E-state index is 13.7. The van der Waals surface area contributed by atoms with Gasteiger partial charge >= 0.3 is 0 Å². The van der Waals surface area contributed by atoms with Gasteiger partial charge in [0, 0.05) is 5.56 Å². The van der Waals surface area contributed by atoms with Gasteiger partial charge in [-0.1, -0.05) is 72.8 Å². The first kappa shape index (κ1) is 19.6. The number of benzene rings is 4. The summed E-state index contributed by atoms with van der Waals surface area (Å²) in [5.74, 6) is 7.13. The lowest BCUT2D eigenvalue weighted by Crippen LogP contribution is -2.30. The number of pyridine rings is 1. The summed E-state index contributed by atoms with van der Waals surface area (Å²) in [6.07, 6.45) is 0. The maximum absolute atomic E-state index is 13.7. The lowest BCUT2D eigenvalue weighted by atomic mass is 9.91. The van der Waals surface area contributed by atoms with E-state index >= 15 is 0 Å². The van der Waals surface area contributed by atoms with Gasteiger partial charge in [-0.25, -0.2) is 4.68 Å².